The Balaban J connectivity index is 2.11. The van der Waals surface area contributed by atoms with E-state index in [0.29, 0.717) is 11.6 Å². The van der Waals surface area contributed by atoms with Crippen LogP contribution in [0.5, 0.6) is 0 Å². The minimum absolute atomic E-state index is 0.138. The zero-order valence-electron chi connectivity index (χ0n) is 14.3. The van der Waals surface area contributed by atoms with Crippen LogP contribution in [0.2, 0.25) is 0 Å². The van der Waals surface area contributed by atoms with E-state index in [1.807, 2.05) is 0 Å². The number of halogens is 2. The van der Waals surface area contributed by atoms with E-state index in [0.717, 1.165) is 12.1 Å². The summed E-state index contributed by atoms with van der Waals surface area (Å²) in [6, 6.07) is 5.74. The van der Waals surface area contributed by atoms with Crippen molar-refractivity contribution in [2.24, 2.45) is 0 Å². The molecule has 3 aromatic rings. The fourth-order valence-corrected chi connectivity index (χ4v) is 2.97. The molecule has 0 radical (unpaired) electrons. The fraction of sp³-hybridized carbons (Fsp3) is 0.222. The molecule has 0 bridgehead atoms. The lowest BCUT2D eigenvalue weighted by Crippen LogP contribution is -2.38. The van der Waals surface area contributed by atoms with Gasteiger partial charge in [0, 0.05) is 23.7 Å². The first-order chi connectivity index (χ1) is 12.8. The number of carboxylic acids is 1. The summed E-state index contributed by atoms with van der Waals surface area (Å²) >= 11 is 0. The second kappa shape index (κ2) is 7.20. The minimum Gasteiger partial charge on any atom is -0.477 e. The van der Waals surface area contributed by atoms with E-state index in [9.17, 15) is 18.7 Å². The molecule has 2 N–H and O–H groups in total. The standard InChI is InChI=1S/C18H16F2N4O3/c1-11(12-4-5-22-16(6-12)17(25)26)18(27,8-24-10-21-9-23-24)14-3-2-13(19)7-15(14)20/h2-7,9-11,27H,8H2,1H3,(H,25,26). The van der Waals surface area contributed by atoms with Crippen molar-refractivity contribution >= 4 is 5.97 Å². The van der Waals surface area contributed by atoms with Crippen LogP contribution in [0.1, 0.15) is 34.5 Å². The highest BCUT2D eigenvalue weighted by Crippen LogP contribution is 2.39. The van der Waals surface area contributed by atoms with Crippen molar-refractivity contribution < 1.29 is 23.8 Å². The Morgan fingerprint density at radius 1 is 1.30 bits per heavy atom. The summed E-state index contributed by atoms with van der Waals surface area (Å²) in [5.41, 5.74) is -1.78. The summed E-state index contributed by atoms with van der Waals surface area (Å²) in [4.78, 5) is 18.7. The van der Waals surface area contributed by atoms with Gasteiger partial charge >= 0.3 is 5.97 Å². The van der Waals surface area contributed by atoms with Gasteiger partial charge in [0.1, 0.15) is 35.6 Å². The van der Waals surface area contributed by atoms with Gasteiger partial charge in [-0.1, -0.05) is 13.0 Å². The second-order valence-electron chi connectivity index (χ2n) is 6.14. The third-order valence-corrected chi connectivity index (χ3v) is 4.49. The molecule has 9 heteroatoms. The molecule has 140 valence electrons. The molecule has 2 atom stereocenters. The lowest BCUT2D eigenvalue weighted by molar-refractivity contribution is -0.0112. The molecule has 0 saturated carbocycles. The number of benzene rings is 1. The second-order valence-corrected chi connectivity index (χ2v) is 6.14. The third-order valence-electron chi connectivity index (χ3n) is 4.49. The smallest absolute Gasteiger partial charge is 0.354 e. The van der Waals surface area contributed by atoms with Crippen molar-refractivity contribution in [3.8, 4) is 0 Å². The molecule has 2 heterocycles. The molecule has 0 aliphatic heterocycles. The van der Waals surface area contributed by atoms with Crippen LogP contribution in [0, 0.1) is 11.6 Å². The number of carbonyl (C=O) groups is 1. The van der Waals surface area contributed by atoms with Gasteiger partial charge in [0.15, 0.2) is 0 Å². The van der Waals surface area contributed by atoms with Crippen LogP contribution in [0.25, 0.3) is 0 Å². The van der Waals surface area contributed by atoms with Gasteiger partial charge in [-0.3, -0.25) is 0 Å². The highest BCUT2D eigenvalue weighted by atomic mass is 19.1. The number of hydrogen-bond acceptors (Lipinski definition) is 5. The molecule has 0 aliphatic carbocycles. The number of aromatic nitrogens is 4. The molecule has 0 amide bonds. The van der Waals surface area contributed by atoms with Crippen LogP contribution in [0.15, 0.2) is 49.2 Å². The summed E-state index contributed by atoms with van der Waals surface area (Å²) in [5.74, 6) is -3.69. The molecule has 0 fully saturated rings. The molecule has 0 aliphatic rings. The summed E-state index contributed by atoms with van der Waals surface area (Å²) < 4.78 is 29.2. The van der Waals surface area contributed by atoms with Crippen molar-refractivity contribution in [3.05, 3.63) is 77.6 Å². The largest absolute Gasteiger partial charge is 0.477 e. The first kappa shape index (κ1) is 18.6. The quantitative estimate of drug-likeness (QED) is 0.687. The highest BCUT2D eigenvalue weighted by Gasteiger charge is 2.40. The lowest BCUT2D eigenvalue weighted by atomic mass is 9.78. The molecule has 3 rings (SSSR count). The van der Waals surface area contributed by atoms with Gasteiger partial charge in [0.25, 0.3) is 0 Å². The molecule has 2 unspecified atom stereocenters. The first-order valence-electron chi connectivity index (χ1n) is 8.01. The van der Waals surface area contributed by atoms with Crippen LogP contribution in [-0.4, -0.2) is 35.9 Å². The zero-order chi connectivity index (χ0) is 19.6. The van der Waals surface area contributed by atoms with Crippen molar-refractivity contribution in [2.45, 2.75) is 25.0 Å². The third kappa shape index (κ3) is 3.68. The predicted molar refractivity (Wildman–Crippen MR) is 89.9 cm³/mol. The Bertz CT molecular complexity index is 965. The number of aliphatic hydroxyl groups is 1. The van der Waals surface area contributed by atoms with E-state index in [1.54, 1.807) is 6.92 Å². The van der Waals surface area contributed by atoms with E-state index >= 15 is 0 Å². The van der Waals surface area contributed by atoms with E-state index in [1.165, 1.54) is 35.7 Å². The van der Waals surface area contributed by atoms with Crippen LogP contribution in [-0.2, 0) is 12.1 Å². The van der Waals surface area contributed by atoms with Crippen molar-refractivity contribution in [3.63, 3.8) is 0 Å². The molecular formula is C18H16F2N4O3. The van der Waals surface area contributed by atoms with Crippen LogP contribution < -0.4 is 0 Å². The SMILES string of the molecule is CC(c1ccnc(C(=O)O)c1)C(O)(Cn1cncn1)c1ccc(F)cc1F. The van der Waals surface area contributed by atoms with Crippen LogP contribution in [0.3, 0.4) is 0 Å². The first-order valence-corrected chi connectivity index (χ1v) is 8.01. The summed E-state index contributed by atoms with van der Waals surface area (Å²) in [5, 5.41) is 24.5. The van der Waals surface area contributed by atoms with E-state index in [4.69, 9.17) is 5.11 Å². The topological polar surface area (TPSA) is 101 Å². The maximum Gasteiger partial charge on any atom is 0.354 e. The van der Waals surface area contributed by atoms with Crippen molar-refractivity contribution in [1.29, 1.82) is 0 Å². The minimum atomic E-state index is -1.86. The van der Waals surface area contributed by atoms with Crippen LogP contribution >= 0.6 is 0 Å². The average Bonchev–Trinajstić information content (AvgIpc) is 3.13. The molecule has 27 heavy (non-hydrogen) atoms. The van der Waals surface area contributed by atoms with Gasteiger partial charge in [-0.25, -0.2) is 28.2 Å². The number of carboxylic acid groups (broad SMARTS) is 1. The van der Waals surface area contributed by atoms with E-state index < -0.39 is 29.1 Å². The monoisotopic (exact) mass is 374 g/mol. The Kier molecular flexibility index (Phi) is 4.95. The number of hydrogen-bond donors (Lipinski definition) is 2. The van der Waals surface area contributed by atoms with Crippen molar-refractivity contribution in [2.75, 3.05) is 0 Å². The van der Waals surface area contributed by atoms with E-state index in [2.05, 4.69) is 15.1 Å². The molecule has 0 spiro atoms. The Morgan fingerprint density at radius 3 is 2.70 bits per heavy atom. The summed E-state index contributed by atoms with van der Waals surface area (Å²) in [6.45, 7) is 1.43. The summed E-state index contributed by atoms with van der Waals surface area (Å²) in [7, 11) is 0. The van der Waals surface area contributed by atoms with Gasteiger partial charge < -0.3 is 10.2 Å². The maximum atomic E-state index is 14.5. The molecule has 7 nitrogen and oxygen atoms in total. The van der Waals surface area contributed by atoms with Gasteiger partial charge in [-0.15, -0.1) is 0 Å². The molecule has 0 saturated heterocycles. The van der Waals surface area contributed by atoms with Crippen molar-refractivity contribution in [1.82, 2.24) is 19.7 Å². The number of pyridine rings is 1. The average molecular weight is 374 g/mol. The molecular weight excluding hydrogens is 358 g/mol. The predicted octanol–water partition coefficient (Wildman–Crippen LogP) is 2.34. The summed E-state index contributed by atoms with van der Waals surface area (Å²) in [6.07, 6.45) is 3.92. The zero-order valence-corrected chi connectivity index (χ0v) is 14.3. The maximum absolute atomic E-state index is 14.5. The number of nitrogens with zero attached hydrogens (tertiary/aromatic N) is 4. The van der Waals surface area contributed by atoms with Crippen LogP contribution in [0.4, 0.5) is 8.78 Å². The fourth-order valence-electron chi connectivity index (χ4n) is 2.97. The molecule has 1 aromatic carbocycles. The highest BCUT2D eigenvalue weighted by molar-refractivity contribution is 5.85. The van der Waals surface area contributed by atoms with E-state index in [-0.39, 0.29) is 17.8 Å². The lowest BCUT2D eigenvalue weighted by Gasteiger charge is -2.35. The Hall–Kier alpha value is -3.20. The Morgan fingerprint density at radius 2 is 2.07 bits per heavy atom. The number of rotatable bonds is 6. The van der Waals surface area contributed by atoms with Gasteiger partial charge in [0.2, 0.25) is 0 Å². The number of aromatic carboxylic acids is 1. The van der Waals surface area contributed by atoms with Gasteiger partial charge in [0.05, 0.1) is 6.54 Å². The van der Waals surface area contributed by atoms with Gasteiger partial charge in [-0.2, -0.15) is 5.10 Å². The Labute approximate surface area is 152 Å². The molecule has 2 aromatic heterocycles. The van der Waals surface area contributed by atoms with Gasteiger partial charge in [-0.05, 0) is 23.8 Å². The normalized spacial score (nSPS) is 14.5.